The molecule has 0 unspecified atom stereocenters. The van der Waals surface area contributed by atoms with Crippen LogP contribution in [0.15, 0.2) is 118 Å². The van der Waals surface area contributed by atoms with Crippen molar-refractivity contribution in [2.75, 3.05) is 0 Å². The zero-order valence-corrected chi connectivity index (χ0v) is 27.2. The van der Waals surface area contributed by atoms with Gasteiger partial charge in [0, 0.05) is 37.4 Å². The van der Waals surface area contributed by atoms with Crippen molar-refractivity contribution in [2.24, 2.45) is 0 Å². The van der Waals surface area contributed by atoms with Gasteiger partial charge in [-0.15, -0.1) is 0 Å². The lowest BCUT2D eigenvalue weighted by molar-refractivity contribution is 0.646. The molecule has 5 aromatic carbocycles. The summed E-state index contributed by atoms with van der Waals surface area (Å²) in [7, 11) is 0. The van der Waals surface area contributed by atoms with Gasteiger partial charge < -0.3 is 8.83 Å². The summed E-state index contributed by atoms with van der Waals surface area (Å²) in [4.78, 5) is 9.63. The normalized spacial score (nSPS) is 13.4. The molecule has 0 fully saturated rings. The highest BCUT2D eigenvalue weighted by Crippen LogP contribution is 2.43. The van der Waals surface area contributed by atoms with Crippen LogP contribution in [0.1, 0.15) is 60.5 Å². The largest absolute Gasteiger partial charge is 0.455 e. The molecule has 9 rings (SSSR count). The van der Waals surface area contributed by atoms with E-state index in [2.05, 4.69) is 122 Å². The molecule has 48 heavy (non-hydrogen) atoms. The standard InChI is InChI=1S/C43H35N3O2/c1-24(2)32-20-28(27-12-7-6-8-13-27)21-33(25(3)4)40(32)46-37-17-10-9-16-36(37)45-42(46)31-15-11-14-29-34-22-35-30-19-18-26(5)44-43(30)48-39(35)23-38(34)47-41(29)31/h6-25H,1-5H3/i5D3. The number of imidazole rings is 1. The van der Waals surface area contributed by atoms with E-state index in [4.69, 9.17) is 17.9 Å². The molecule has 0 spiro atoms. The van der Waals surface area contributed by atoms with Crippen molar-refractivity contribution in [3.8, 4) is 28.2 Å². The summed E-state index contributed by atoms with van der Waals surface area (Å²) in [6, 6.07) is 37.1. The van der Waals surface area contributed by atoms with Crippen LogP contribution < -0.4 is 0 Å². The molecule has 0 atom stereocenters. The predicted molar refractivity (Wildman–Crippen MR) is 197 cm³/mol. The van der Waals surface area contributed by atoms with Crippen LogP contribution in [0, 0.1) is 6.85 Å². The summed E-state index contributed by atoms with van der Waals surface area (Å²) >= 11 is 0. The summed E-state index contributed by atoms with van der Waals surface area (Å²) in [5.74, 6) is 1.30. The molecule has 0 N–H and O–H groups in total. The average Bonchev–Trinajstić information content (AvgIpc) is 3.80. The molecule has 0 bridgehead atoms. The van der Waals surface area contributed by atoms with Crippen molar-refractivity contribution in [1.29, 1.82) is 0 Å². The molecule has 0 saturated carbocycles. The smallest absolute Gasteiger partial charge is 0.227 e. The summed E-state index contributed by atoms with van der Waals surface area (Å²) in [5, 5.41) is 3.50. The van der Waals surface area contributed by atoms with E-state index in [0.29, 0.717) is 16.9 Å². The summed E-state index contributed by atoms with van der Waals surface area (Å²) in [5.41, 5.74) is 11.2. The second kappa shape index (κ2) is 10.7. The predicted octanol–water partition coefficient (Wildman–Crippen LogP) is 12.1. The minimum absolute atomic E-state index is 0.00618. The van der Waals surface area contributed by atoms with Gasteiger partial charge in [0.1, 0.15) is 22.6 Å². The Labute approximate surface area is 282 Å². The van der Waals surface area contributed by atoms with Crippen molar-refractivity contribution in [2.45, 2.75) is 46.4 Å². The topological polar surface area (TPSA) is 57.0 Å². The van der Waals surface area contributed by atoms with Crippen LogP contribution in [0.2, 0.25) is 0 Å². The first-order valence-corrected chi connectivity index (χ1v) is 16.5. The molecule has 9 aromatic rings. The van der Waals surface area contributed by atoms with Gasteiger partial charge in [-0.3, -0.25) is 4.57 Å². The minimum atomic E-state index is -2.32. The van der Waals surface area contributed by atoms with Crippen LogP contribution in [0.5, 0.6) is 0 Å². The molecule has 234 valence electrons. The van der Waals surface area contributed by atoms with Crippen molar-refractivity contribution >= 4 is 55.0 Å². The van der Waals surface area contributed by atoms with E-state index in [1.54, 1.807) is 12.1 Å². The minimum Gasteiger partial charge on any atom is -0.455 e. The van der Waals surface area contributed by atoms with Gasteiger partial charge in [0.15, 0.2) is 0 Å². The molecule has 4 aromatic heterocycles. The number of aromatic nitrogens is 3. The van der Waals surface area contributed by atoms with E-state index >= 15 is 0 Å². The van der Waals surface area contributed by atoms with Crippen molar-refractivity contribution in [3.63, 3.8) is 0 Å². The first-order valence-electron chi connectivity index (χ1n) is 18.0. The Balaban J connectivity index is 1.31. The first-order chi connectivity index (χ1) is 24.6. The van der Waals surface area contributed by atoms with E-state index in [0.717, 1.165) is 55.2 Å². The number of benzene rings is 5. The number of hydrogen-bond donors (Lipinski definition) is 0. The van der Waals surface area contributed by atoms with Crippen LogP contribution in [-0.2, 0) is 0 Å². The zero-order valence-electron chi connectivity index (χ0n) is 30.2. The van der Waals surface area contributed by atoms with Gasteiger partial charge in [-0.25, -0.2) is 9.97 Å². The Kier molecular flexibility index (Phi) is 5.65. The number of pyridine rings is 1. The highest BCUT2D eigenvalue weighted by atomic mass is 16.3. The Morgan fingerprint density at radius 3 is 2.12 bits per heavy atom. The number of para-hydroxylation sites is 3. The second-order valence-electron chi connectivity index (χ2n) is 13.2. The maximum atomic E-state index is 7.78. The summed E-state index contributed by atoms with van der Waals surface area (Å²) < 4.78 is 38.5. The van der Waals surface area contributed by atoms with Crippen molar-refractivity contribution < 1.29 is 12.9 Å². The molecule has 4 heterocycles. The SMILES string of the molecule is [2H]C([2H])([2H])c1ccc2c(n1)oc1cc3oc4c(-c5nc6ccccc6n5-c5c(C(C)C)cc(-c6ccccc6)cc5C(C)C)cccc4c3cc12. The van der Waals surface area contributed by atoms with Crippen molar-refractivity contribution in [1.82, 2.24) is 14.5 Å². The van der Waals surface area contributed by atoms with E-state index in [9.17, 15) is 0 Å². The lowest BCUT2D eigenvalue weighted by atomic mass is 9.88. The highest BCUT2D eigenvalue weighted by Gasteiger charge is 2.25. The molecule has 0 saturated heterocycles. The fourth-order valence-corrected chi connectivity index (χ4v) is 7.17. The second-order valence-corrected chi connectivity index (χ2v) is 13.2. The number of hydrogen-bond acceptors (Lipinski definition) is 4. The monoisotopic (exact) mass is 628 g/mol. The van der Waals surface area contributed by atoms with Gasteiger partial charge in [-0.2, -0.15) is 0 Å². The van der Waals surface area contributed by atoms with Gasteiger partial charge in [-0.05, 0) is 89.5 Å². The summed E-state index contributed by atoms with van der Waals surface area (Å²) in [6.07, 6.45) is 0. The van der Waals surface area contributed by atoms with E-state index in [1.165, 1.54) is 22.3 Å². The zero-order chi connectivity index (χ0) is 35.2. The number of nitrogens with zero attached hydrogens (tertiary/aromatic N) is 3. The quantitative estimate of drug-likeness (QED) is 0.190. The third-order valence-corrected chi connectivity index (χ3v) is 9.50. The average molecular weight is 629 g/mol. The van der Waals surface area contributed by atoms with Gasteiger partial charge in [-0.1, -0.05) is 82.3 Å². The highest BCUT2D eigenvalue weighted by molar-refractivity contribution is 6.16. The molecular formula is C43H35N3O2. The molecule has 0 aliphatic rings. The van der Waals surface area contributed by atoms with Crippen LogP contribution in [0.25, 0.3) is 83.2 Å². The molecule has 0 radical (unpaired) electrons. The maximum absolute atomic E-state index is 7.78. The molecule has 5 nitrogen and oxygen atoms in total. The van der Waals surface area contributed by atoms with E-state index < -0.39 is 6.85 Å². The van der Waals surface area contributed by atoms with Gasteiger partial charge in [0.2, 0.25) is 5.71 Å². The molecule has 0 aliphatic heterocycles. The Morgan fingerprint density at radius 1 is 0.625 bits per heavy atom. The van der Waals surface area contributed by atoms with Gasteiger partial charge in [0.05, 0.1) is 22.3 Å². The number of furan rings is 2. The lowest BCUT2D eigenvalue weighted by Crippen LogP contribution is -2.09. The maximum Gasteiger partial charge on any atom is 0.227 e. The fourth-order valence-electron chi connectivity index (χ4n) is 7.17. The van der Waals surface area contributed by atoms with Crippen LogP contribution in [0.3, 0.4) is 0 Å². The van der Waals surface area contributed by atoms with Gasteiger partial charge in [0.25, 0.3) is 0 Å². The third kappa shape index (κ3) is 4.31. The molecule has 0 amide bonds. The van der Waals surface area contributed by atoms with E-state index in [-0.39, 0.29) is 17.5 Å². The first kappa shape index (κ1) is 25.4. The van der Waals surface area contributed by atoms with Crippen LogP contribution >= 0.6 is 0 Å². The van der Waals surface area contributed by atoms with Gasteiger partial charge >= 0.3 is 0 Å². The lowest BCUT2D eigenvalue weighted by Gasteiger charge is -2.24. The third-order valence-electron chi connectivity index (χ3n) is 9.50. The molecule has 0 aliphatic carbocycles. The Bertz CT molecular complexity index is 2780. The number of fused-ring (bicyclic) bond motifs is 7. The van der Waals surface area contributed by atoms with Crippen molar-refractivity contribution in [3.05, 3.63) is 126 Å². The molecular weight excluding hydrogens is 590 g/mol. The van der Waals surface area contributed by atoms with Crippen LogP contribution in [0.4, 0.5) is 0 Å². The number of aryl methyl sites for hydroxylation is 1. The Hall–Kier alpha value is -5.68. The number of rotatable bonds is 5. The fraction of sp³-hybridized carbons (Fsp3) is 0.163. The van der Waals surface area contributed by atoms with Crippen LogP contribution in [-0.4, -0.2) is 14.5 Å². The van der Waals surface area contributed by atoms with E-state index in [1.807, 2.05) is 12.1 Å². The Morgan fingerprint density at radius 2 is 1.35 bits per heavy atom. The summed E-state index contributed by atoms with van der Waals surface area (Å²) in [6.45, 7) is 6.72. The molecule has 5 heteroatoms.